The van der Waals surface area contributed by atoms with E-state index < -0.39 is 9.84 Å². The van der Waals surface area contributed by atoms with Crippen LogP contribution in [0.15, 0.2) is 35.5 Å². The lowest BCUT2D eigenvalue weighted by atomic mass is 10.0. The fourth-order valence-electron chi connectivity index (χ4n) is 4.50. The molecule has 1 aliphatic heterocycles. The predicted octanol–water partition coefficient (Wildman–Crippen LogP) is 3.27. The first kappa shape index (κ1) is 21.4. The van der Waals surface area contributed by atoms with Crippen LogP contribution in [0.2, 0.25) is 0 Å². The molecule has 1 amide bonds. The third-order valence-electron chi connectivity index (χ3n) is 6.02. The number of carbonyl (C=O) groups is 1. The van der Waals surface area contributed by atoms with E-state index in [0.29, 0.717) is 13.0 Å². The quantitative estimate of drug-likeness (QED) is 0.636. The molecule has 2 unspecified atom stereocenters. The van der Waals surface area contributed by atoms with Crippen LogP contribution in [-0.2, 0) is 27.5 Å². The standard InChI is InChI=1S/C22H29N3O3S2/c1-3-24(18-13-14-30(27,28)15-18)21(26)16(2)29-22-23-19-11-7-8-12-20(19)25(22)17-9-5-4-6-10-17/h4-6,9-10,16,18H,3,7-8,11-15H2,1-2H3. The number of fused-ring (bicyclic) bond motifs is 1. The van der Waals surface area contributed by atoms with Crippen molar-refractivity contribution < 1.29 is 13.2 Å². The number of para-hydroxylation sites is 1. The predicted molar refractivity (Wildman–Crippen MR) is 120 cm³/mol. The van der Waals surface area contributed by atoms with Gasteiger partial charge in [-0.1, -0.05) is 30.0 Å². The summed E-state index contributed by atoms with van der Waals surface area (Å²) in [5, 5.41) is 0.517. The minimum absolute atomic E-state index is 0.00909. The molecule has 30 heavy (non-hydrogen) atoms. The van der Waals surface area contributed by atoms with E-state index in [1.807, 2.05) is 32.0 Å². The molecule has 2 atom stereocenters. The third kappa shape index (κ3) is 4.30. The lowest BCUT2D eigenvalue weighted by Crippen LogP contribution is -2.44. The molecule has 1 aromatic carbocycles. The van der Waals surface area contributed by atoms with Crippen LogP contribution in [0, 0.1) is 0 Å². The highest BCUT2D eigenvalue weighted by Gasteiger charge is 2.36. The number of aromatic nitrogens is 2. The number of amides is 1. The molecule has 2 aromatic rings. The molecule has 0 bridgehead atoms. The highest BCUT2D eigenvalue weighted by molar-refractivity contribution is 8.00. The van der Waals surface area contributed by atoms with Crippen molar-refractivity contribution in [2.45, 2.75) is 62.4 Å². The number of sulfone groups is 1. The first-order valence-corrected chi connectivity index (χ1v) is 13.4. The Hall–Kier alpha value is -1.80. The molecule has 0 saturated carbocycles. The van der Waals surface area contributed by atoms with Gasteiger partial charge in [0.15, 0.2) is 15.0 Å². The molecule has 1 fully saturated rings. The Morgan fingerprint density at radius 1 is 1.27 bits per heavy atom. The molecule has 1 aromatic heterocycles. The number of hydrogen-bond donors (Lipinski definition) is 0. The molecule has 1 saturated heterocycles. The van der Waals surface area contributed by atoms with E-state index in [0.717, 1.165) is 42.2 Å². The number of imidazole rings is 1. The molecule has 4 rings (SSSR count). The summed E-state index contributed by atoms with van der Waals surface area (Å²) in [6.07, 6.45) is 4.82. The fourth-order valence-corrected chi connectivity index (χ4v) is 7.26. The van der Waals surface area contributed by atoms with Crippen molar-refractivity contribution in [1.82, 2.24) is 14.5 Å². The van der Waals surface area contributed by atoms with Crippen LogP contribution in [0.1, 0.15) is 44.5 Å². The van der Waals surface area contributed by atoms with Gasteiger partial charge < -0.3 is 4.90 Å². The maximum atomic E-state index is 13.2. The van der Waals surface area contributed by atoms with E-state index in [1.165, 1.54) is 17.5 Å². The SMILES string of the molecule is CCN(C(=O)C(C)Sc1nc2c(n1-c1ccccc1)CCCC2)C1CCS(=O)(=O)C1. The number of rotatable bonds is 6. The second-order valence-corrected chi connectivity index (χ2v) is 11.6. The number of aryl methyl sites for hydroxylation is 1. The van der Waals surface area contributed by atoms with Crippen LogP contribution >= 0.6 is 11.8 Å². The summed E-state index contributed by atoms with van der Waals surface area (Å²) in [7, 11) is -3.03. The zero-order valence-electron chi connectivity index (χ0n) is 17.6. The first-order valence-electron chi connectivity index (χ1n) is 10.7. The monoisotopic (exact) mass is 447 g/mol. The molecule has 6 nitrogen and oxygen atoms in total. The van der Waals surface area contributed by atoms with Crippen LogP contribution in [0.25, 0.3) is 5.69 Å². The third-order valence-corrected chi connectivity index (χ3v) is 8.81. The van der Waals surface area contributed by atoms with Gasteiger partial charge in [0, 0.05) is 24.0 Å². The van der Waals surface area contributed by atoms with Crippen LogP contribution < -0.4 is 0 Å². The normalized spacial score (nSPS) is 21.2. The smallest absolute Gasteiger partial charge is 0.236 e. The van der Waals surface area contributed by atoms with E-state index >= 15 is 0 Å². The van der Waals surface area contributed by atoms with E-state index in [-0.39, 0.29) is 28.7 Å². The average Bonchev–Trinajstić information content (AvgIpc) is 3.28. The molecule has 0 radical (unpaired) electrons. The van der Waals surface area contributed by atoms with Crippen molar-refractivity contribution in [2.75, 3.05) is 18.1 Å². The van der Waals surface area contributed by atoms with Crippen molar-refractivity contribution in [1.29, 1.82) is 0 Å². The van der Waals surface area contributed by atoms with E-state index in [1.54, 1.807) is 4.90 Å². The highest BCUT2D eigenvalue weighted by atomic mass is 32.2. The van der Waals surface area contributed by atoms with Gasteiger partial charge in [0.25, 0.3) is 0 Å². The van der Waals surface area contributed by atoms with Gasteiger partial charge in [-0.05, 0) is 58.1 Å². The van der Waals surface area contributed by atoms with Crippen LogP contribution in [0.4, 0.5) is 0 Å². The number of hydrogen-bond acceptors (Lipinski definition) is 5. The minimum atomic E-state index is -3.03. The summed E-state index contributed by atoms with van der Waals surface area (Å²) in [5.41, 5.74) is 3.47. The molecule has 1 aliphatic carbocycles. The highest BCUT2D eigenvalue weighted by Crippen LogP contribution is 2.33. The zero-order valence-corrected chi connectivity index (χ0v) is 19.2. The Bertz CT molecular complexity index is 1020. The Balaban J connectivity index is 1.59. The molecule has 0 N–H and O–H groups in total. The number of nitrogens with zero attached hydrogens (tertiary/aromatic N) is 3. The summed E-state index contributed by atoms with van der Waals surface area (Å²) >= 11 is 1.48. The summed E-state index contributed by atoms with van der Waals surface area (Å²) in [5.74, 6) is 0.246. The van der Waals surface area contributed by atoms with Gasteiger partial charge in [-0.15, -0.1) is 0 Å². The number of carbonyl (C=O) groups excluding carboxylic acids is 1. The summed E-state index contributed by atoms with van der Waals surface area (Å²) in [4.78, 5) is 19.9. The zero-order chi connectivity index (χ0) is 21.3. The molecule has 8 heteroatoms. The lowest BCUT2D eigenvalue weighted by Gasteiger charge is -2.29. The summed E-state index contributed by atoms with van der Waals surface area (Å²) < 4.78 is 26.0. The summed E-state index contributed by atoms with van der Waals surface area (Å²) in [6.45, 7) is 4.35. The van der Waals surface area contributed by atoms with Crippen molar-refractivity contribution in [3.8, 4) is 5.69 Å². The minimum Gasteiger partial charge on any atom is -0.338 e. The largest absolute Gasteiger partial charge is 0.338 e. The Labute approximate surface area is 183 Å². The Morgan fingerprint density at radius 3 is 2.67 bits per heavy atom. The maximum Gasteiger partial charge on any atom is 0.236 e. The molecule has 2 heterocycles. The molecule has 2 aliphatic rings. The second-order valence-electron chi connectivity index (χ2n) is 8.11. The summed E-state index contributed by atoms with van der Waals surface area (Å²) in [6, 6.07) is 9.99. The van der Waals surface area contributed by atoms with E-state index in [2.05, 4.69) is 16.7 Å². The van der Waals surface area contributed by atoms with Crippen LogP contribution in [0.3, 0.4) is 0 Å². The molecular formula is C22H29N3O3S2. The molecule has 0 spiro atoms. The van der Waals surface area contributed by atoms with Gasteiger partial charge in [0.05, 0.1) is 22.4 Å². The van der Waals surface area contributed by atoms with Crippen molar-refractivity contribution >= 4 is 27.5 Å². The number of benzene rings is 1. The van der Waals surface area contributed by atoms with Crippen molar-refractivity contribution in [2.24, 2.45) is 0 Å². The topological polar surface area (TPSA) is 72.3 Å². The second kappa shape index (κ2) is 8.75. The lowest BCUT2D eigenvalue weighted by molar-refractivity contribution is -0.131. The molecular weight excluding hydrogens is 418 g/mol. The van der Waals surface area contributed by atoms with E-state index in [4.69, 9.17) is 4.98 Å². The van der Waals surface area contributed by atoms with Crippen molar-refractivity contribution in [3.63, 3.8) is 0 Å². The van der Waals surface area contributed by atoms with Gasteiger partial charge in [0.1, 0.15) is 0 Å². The Kier molecular flexibility index (Phi) is 6.25. The van der Waals surface area contributed by atoms with Gasteiger partial charge >= 0.3 is 0 Å². The maximum absolute atomic E-state index is 13.2. The van der Waals surface area contributed by atoms with Gasteiger partial charge in [-0.3, -0.25) is 9.36 Å². The van der Waals surface area contributed by atoms with Crippen LogP contribution in [0.5, 0.6) is 0 Å². The first-order chi connectivity index (χ1) is 14.4. The average molecular weight is 448 g/mol. The fraction of sp³-hybridized carbons (Fsp3) is 0.545. The van der Waals surface area contributed by atoms with Crippen LogP contribution in [-0.4, -0.2) is 58.1 Å². The van der Waals surface area contributed by atoms with Gasteiger partial charge in [-0.2, -0.15) is 0 Å². The van der Waals surface area contributed by atoms with Crippen molar-refractivity contribution in [3.05, 3.63) is 41.7 Å². The van der Waals surface area contributed by atoms with Gasteiger partial charge in [0.2, 0.25) is 5.91 Å². The van der Waals surface area contributed by atoms with Gasteiger partial charge in [-0.25, -0.2) is 13.4 Å². The Morgan fingerprint density at radius 2 is 2.00 bits per heavy atom. The molecule has 162 valence electrons. The number of thioether (sulfide) groups is 1. The van der Waals surface area contributed by atoms with E-state index in [9.17, 15) is 13.2 Å².